The van der Waals surface area contributed by atoms with Crippen molar-refractivity contribution in [3.8, 4) is 11.5 Å². The largest absolute Gasteiger partial charge is 0.493 e. The molecule has 2 heterocycles. The van der Waals surface area contributed by atoms with Crippen LogP contribution in [-0.2, 0) is 11.2 Å². The number of carbonyl (C=O) groups excluding carboxylic acids is 1. The van der Waals surface area contributed by atoms with Gasteiger partial charge in [-0.25, -0.2) is 4.79 Å². The first-order valence-corrected chi connectivity index (χ1v) is 9.54. The van der Waals surface area contributed by atoms with Crippen LogP contribution in [0.3, 0.4) is 0 Å². The zero-order valence-electron chi connectivity index (χ0n) is 16.0. The van der Waals surface area contributed by atoms with Crippen molar-refractivity contribution < 1.29 is 19.0 Å². The van der Waals surface area contributed by atoms with Crippen molar-refractivity contribution in [1.29, 1.82) is 0 Å². The maximum absolute atomic E-state index is 11.9. The fourth-order valence-electron chi connectivity index (χ4n) is 3.62. The molecule has 1 fully saturated rings. The van der Waals surface area contributed by atoms with Crippen LogP contribution in [0.2, 0.25) is 0 Å². The molecule has 1 aromatic carbocycles. The van der Waals surface area contributed by atoms with E-state index in [4.69, 9.17) is 14.2 Å². The Morgan fingerprint density at radius 2 is 2.12 bits per heavy atom. The number of rotatable bonds is 5. The van der Waals surface area contributed by atoms with Gasteiger partial charge in [0.05, 0.1) is 19.8 Å². The molecule has 0 spiro atoms. The zero-order valence-corrected chi connectivity index (χ0v) is 16.0. The molecule has 3 rings (SSSR count). The van der Waals surface area contributed by atoms with E-state index in [1.807, 2.05) is 30.9 Å². The maximum atomic E-state index is 11.9. The Kier molecular flexibility index (Phi) is 6.25. The summed E-state index contributed by atoms with van der Waals surface area (Å²) in [6.45, 7) is 6.91. The van der Waals surface area contributed by atoms with Gasteiger partial charge in [0.2, 0.25) is 0 Å². The number of hydrogen-bond acceptors (Lipinski definition) is 5. The van der Waals surface area contributed by atoms with Crippen LogP contribution in [0.15, 0.2) is 18.2 Å². The Hall–Kier alpha value is -1.95. The SMILES string of the molecule is COc1cccc2c1OC[C@@H](CNC1CCN(C(=O)OC(C)C)CC1)C2. The number of benzene rings is 1. The van der Waals surface area contributed by atoms with Crippen LogP contribution < -0.4 is 14.8 Å². The fourth-order valence-corrected chi connectivity index (χ4v) is 3.62. The lowest BCUT2D eigenvalue weighted by Crippen LogP contribution is -2.47. The van der Waals surface area contributed by atoms with E-state index in [1.165, 1.54) is 5.56 Å². The minimum absolute atomic E-state index is 0.0637. The number of ether oxygens (including phenoxy) is 3. The Bertz CT molecular complexity index is 612. The molecule has 2 aliphatic heterocycles. The number of piperidine rings is 1. The number of amides is 1. The number of para-hydroxylation sites is 1. The van der Waals surface area contributed by atoms with Crippen molar-refractivity contribution in [2.75, 3.05) is 33.4 Å². The molecular formula is C20H30N2O4. The van der Waals surface area contributed by atoms with Crippen LogP contribution in [0.1, 0.15) is 32.3 Å². The molecule has 0 aliphatic carbocycles. The zero-order chi connectivity index (χ0) is 18.5. The summed E-state index contributed by atoms with van der Waals surface area (Å²) in [7, 11) is 1.68. The van der Waals surface area contributed by atoms with Crippen molar-refractivity contribution in [1.82, 2.24) is 10.2 Å². The van der Waals surface area contributed by atoms with Crippen LogP contribution in [0.5, 0.6) is 11.5 Å². The fraction of sp³-hybridized carbons (Fsp3) is 0.650. The van der Waals surface area contributed by atoms with Gasteiger partial charge in [-0.15, -0.1) is 0 Å². The summed E-state index contributed by atoms with van der Waals surface area (Å²) < 4.78 is 16.6. The third kappa shape index (κ3) is 4.61. The molecule has 26 heavy (non-hydrogen) atoms. The van der Waals surface area contributed by atoms with E-state index in [0.717, 1.165) is 50.4 Å². The van der Waals surface area contributed by atoms with Crippen molar-refractivity contribution in [2.24, 2.45) is 5.92 Å². The highest BCUT2D eigenvalue weighted by molar-refractivity contribution is 5.67. The van der Waals surface area contributed by atoms with Gasteiger partial charge in [0.25, 0.3) is 0 Å². The lowest BCUT2D eigenvalue weighted by atomic mass is 9.95. The van der Waals surface area contributed by atoms with Gasteiger partial charge in [0.15, 0.2) is 11.5 Å². The first-order valence-electron chi connectivity index (χ1n) is 9.54. The van der Waals surface area contributed by atoms with Gasteiger partial charge in [-0.2, -0.15) is 0 Å². The lowest BCUT2D eigenvalue weighted by molar-refractivity contribution is 0.0674. The monoisotopic (exact) mass is 362 g/mol. The normalized spacial score (nSPS) is 20.5. The molecule has 1 saturated heterocycles. The molecule has 0 aromatic heterocycles. The van der Waals surface area contributed by atoms with Crippen LogP contribution in [0.25, 0.3) is 0 Å². The van der Waals surface area contributed by atoms with Crippen molar-refractivity contribution in [2.45, 2.75) is 45.3 Å². The van der Waals surface area contributed by atoms with E-state index >= 15 is 0 Å². The number of nitrogens with zero attached hydrogens (tertiary/aromatic N) is 1. The van der Waals surface area contributed by atoms with Crippen LogP contribution >= 0.6 is 0 Å². The number of hydrogen-bond donors (Lipinski definition) is 1. The predicted octanol–water partition coefficient (Wildman–Crippen LogP) is 2.85. The molecule has 1 N–H and O–H groups in total. The maximum Gasteiger partial charge on any atom is 0.410 e. The summed E-state index contributed by atoms with van der Waals surface area (Å²) in [5.41, 5.74) is 1.22. The first kappa shape index (κ1) is 18.8. The number of likely N-dealkylation sites (tertiary alicyclic amines) is 1. The second-order valence-corrected chi connectivity index (χ2v) is 7.43. The number of nitrogens with one attached hydrogen (secondary N) is 1. The second-order valence-electron chi connectivity index (χ2n) is 7.43. The minimum atomic E-state index is -0.190. The predicted molar refractivity (Wildman–Crippen MR) is 99.9 cm³/mol. The molecule has 2 aliphatic rings. The third-order valence-electron chi connectivity index (χ3n) is 5.04. The smallest absolute Gasteiger partial charge is 0.410 e. The van der Waals surface area contributed by atoms with Crippen LogP contribution in [0.4, 0.5) is 4.79 Å². The summed E-state index contributed by atoms with van der Waals surface area (Å²) in [5.74, 6) is 2.16. The van der Waals surface area contributed by atoms with E-state index in [-0.39, 0.29) is 12.2 Å². The molecule has 0 saturated carbocycles. The number of methoxy groups -OCH3 is 1. The molecule has 0 radical (unpaired) electrons. The van der Waals surface area contributed by atoms with Gasteiger partial charge < -0.3 is 24.4 Å². The Labute approximate surface area is 155 Å². The lowest BCUT2D eigenvalue weighted by Gasteiger charge is -2.33. The quantitative estimate of drug-likeness (QED) is 0.873. The highest BCUT2D eigenvalue weighted by atomic mass is 16.6. The topological polar surface area (TPSA) is 60.0 Å². The van der Waals surface area contributed by atoms with E-state index in [9.17, 15) is 4.79 Å². The van der Waals surface area contributed by atoms with E-state index in [1.54, 1.807) is 7.11 Å². The third-order valence-corrected chi connectivity index (χ3v) is 5.04. The first-order chi connectivity index (χ1) is 12.6. The summed E-state index contributed by atoms with van der Waals surface area (Å²) in [4.78, 5) is 13.8. The molecule has 6 heteroatoms. The Balaban J connectivity index is 1.43. The standard InChI is InChI=1S/C20H30N2O4/c1-14(2)26-20(23)22-9-7-17(8-10-22)21-12-15-11-16-5-4-6-18(24-3)19(16)25-13-15/h4-6,14-15,17,21H,7-13H2,1-3H3/t15-/m1/s1. The molecule has 1 aromatic rings. The van der Waals surface area contributed by atoms with Gasteiger partial charge in [-0.3, -0.25) is 0 Å². The van der Waals surface area contributed by atoms with E-state index in [2.05, 4.69) is 11.4 Å². The molecule has 0 unspecified atom stereocenters. The van der Waals surface area contributed by atoms with Crippen molar-refractivity contribution in [3.05, 3.63) is 23.8 Å². The summed E-state index contributed by atoms with van der Waals surface area (Å²) in [6.07, 6.45) is 2.67. The Morgan fingerprint density at radius 3 is 2.81 bits per heavy atom. The van der Waals surface area contributed by atoms with Gasteiger partial charge in [0, 0.05) is 31.6 Å². The molecule has 1 atom stereocenters. The average molecular weight is 362 g/mol. The van der Waals surface area contributed by atoms with Crippen molar-refractivity contribution >= 4 is 6.09 Å². The highest BCUT2D eigenvalue weighted by Crippen LogP contribution is 2.35. The summed E-state index contributed by atoms with van der Waals surface area (Å²) in [6, 6.07) is 6.52. The number of carbonyl (C=O) groups is 1. The molecule has 6 nitrogen and oxygen atoms in total. The molecule has 144 valence electrons. The van der Waals surface area contributed by atoms with Gasteiger partial charge in [-0.05, 0) is 44.7 Å². The average Bonchev–Trinajstić information content (AvgIpc) is 2.65. The Morgan fingerprint density at radius 1 is 1.35 bits per heavy atom. The molecular weight excluding hydrogens is 332 g/mol. The molecule has 0 bridgehead atoms. The van der Waals surface area contributed by atoms with Gasteiger partial charge >= 0.3 is 6.09 Å². The van der Waals surface area contributed by atoms with Crippen molar-refractivity contribution in [3.63, 3.8) is 0 Å². The summed E-state index contributed by atoms with van der Waals surface area (Å²) >= 11 is 0. The van der Waals surface area contributed by atoms with E-state index in [0.29, 0.717) is 18.6 Å². The minimum Gasteiger partial charge on any atom is -0.493 e. The van der Waals surface area contributed by atoms with Gasteiger partial charge in [-0.1, -0.05) is 12.1 Å². The number of fused-ring (bicyclic) bond motifs is 1. The van der Waals surface area contributed by atoms with E-state index < -0.39 is 0 Å². The van der Waals surface area contributed by atoms with Crippen LogP contribution in [-0.4, -0.2) is 56.5 Å². The summed E-state index contributed by atoms with van der Waals surface area (Å²) in [5, 5.41) is 3.66. The van der Waals surface area contributed by atoms with Gasteiger partial charge in [0.1, 0.15) is 0 Å². The second kappa shape index (κ2) is 8.62. The van der Waals surface area contributed by atoms with Crippen LogP contribution in [0, 0.1) is 5.92 Å². The highest BCUT2D eigenvalue weighted by Gasteiger charge is 2.26. The molecule has 1 amide bonds.